The van der Waals surface area contributed by atoms with E-state index >= 15 is 0 Å². The van der Waals surface area contributed by atoms with E-state index in [1.165, 1.54) is 4.90 Å². The van der Waals surface area contributed by atoms with E-state index in [0.29, 0.717) is 23.4 Å². The molecule has 0 aromatic heterocycles. The zero-order valence-electron chi connectivity index (χ0n) is 16.4. The second-order valence-electron chi connectivity index (χ2n) is 7.36. The predicted molar refractivity (Wildman–Crippen MR) is 111 cm³/mol. The molecule has 1 saturated heterocycles. The van der Waals surface area contributed by atoms with Gasteiger partial charge in [0.25, 0.3) is 5.91 Å². The van der Waals surface area contributed by atoms with Gasteiger partial charge in [-0.15, -0.1) is 0 Å². The van der Waals surface area contributed by atoms with E-state index < -0.39 is 11.9 Å². The van der Waals surface area contributed by atoms with Crippen molar-refractivity contribution in [3.05, 3.63) is 64.7 Å². The highest BCUT2D eigenvalue weighted by Gasteiger charge is 2.39. The smallest absolute Gasteiger partial charge is 0.255 e. The predicted octanol–water partition coefficient (Wildman–Crippen LogP) is 1.16. The van der Waals surface area contributed by atoms with Gasteiger partial charge in [-0.3, -0.25) is 19.7 Å². The summed E-state index contributed by atoms with van der Waals surface area (Å²) in [5, 5.41) is 14.9. The van der Waals surface area contributed by atoms with Crippen LogP contribution in [0.1, 0.15) is 39.9 Å². The molecule has 30 heavy (non-hydrogen) atoms. The molecule has 1 fully saturated rings. The number of nitrogens with one attached hydrogen (secondary N) is 2. The molecule has 3 amide bonds. The number of carbonyl (C=O) groups is 3. The molecule has 0 saturated carbocycles. The Labute approximate surface area is 173 Å². The lowest BCUT2D eigenvalue weighted by Crippen LogP contribution is -2.52. The quantitative estimate of drug-likeness (QED) is 0.446. The summed E-state index contributed by atoms with van der Waals surface area (Å²) >= 11 is 0. The fourth-order valence-corrected chi connectivity index (χ4v) is 3.95. The van der Waals surface area contributed by atoms with Crippen molar-refractivity contribution in [1.29, 1.82) is 0 Å². The Morgan fingerprint density at radius 2 is 1.83 bits per heavy atom. The number of amides is 3. The zero-order valence-corrected chi connectivity index (χ0v) is 16.4. The lowest BCUT2D eigenvalue weighted by Gasteiger charge is -2.29. The minimum Gasteiger partial charge on any atom is -0.508 e. The molecule has 2 heterocycles. The molecule has 0 spiro atoms. The Balaban J connectivity index is 1.64. The van der Waals surface area contributed by atoms with Gasteiger partial charge < -0.3 is 21.1 Å². The van der Waals surface area contributed by atoms with Gasteiger partial charge in [-0.25, -0.2) is 0 Å². The van der Waals surface area contributed by atoms with E-state index in [4.69, 9.17) is 5.73 Å². The first-order valence-corrected chi connectivity index (χ1v) is 9.64. The largest absolute Gasteiger partial charge is 0.508 e. The molecule has 1 unspecified atom stereocenters. The van der Waals surface area contributed by atoms with Crippen molar-refractivity contribution >= 4 is 29.1 Å². The number of rotatable bonds is 4. The minimum absolute atomic E-state index is 0.164. The molecule has 0 radical (unpaired) electrons. The fraction of sp³-hybridized carbons (Fsp3) is 0.227. The molecular weight excluding hydrogens is 384 g/mol. The summed E-state index contributed by atoms with van der Waals surface area (Å²) in [5.74, 6) is -0.801. The number of benzene rings is 2. The molecule has 0 bridgehead atoms. The molecule has 5 N–H and O–H groups in total. The van der Waals surface area contributed by atoms with Crippen LogP contribution in [0, 0.1) is 0 Å². The Hall–Kier alpha value is -3.81. The van der Waals surface area contributed by atoms with Crippen molar-refractivity contribution in [1.82, 2.24) is 15.5 Å². The molecule has 4 rings (SSSR count). The van der Waals surface area contributed by atoms with Gasteiger partial charge in [0.1, 0.15) is 11.8 Å². The van der Waals surface area contributed by atoms with Gasteiger partial charge in [0.2, 0.25) is 11.8 Å². The fourth-order valence-electron chi connectivity index (χ4n) is 3.95. The van der Waals surface area contributed by atoms with Crippen LogP contribution in [0.2, 0.25) is 0 Å². The van der Waals surface area contributed by atoms with Gasteiger partial charge in [-0.2, -0.15) is 0 Å². The van der Waals surface area contributed by atoms with E-state index in [1.807, 2.05) is 6.07 Å². The van der Waals surface area contributed by atoms with Gasteiger partial charge in [-0.1, -0.05) is 6.07 Å². The molecule has 1 atom stereocenters. The lowest BCUT2D eigenvalue weighted by molar-refractivity contribution is -0.136. The Morgan fingerprint density at radius 3 is 2.50 bits per heavy atom. The monoisotopic (exact) mass is 406 g/mol. The van der Waals surface area contributed by atoms with Crippen LogP contribution >= 0.6 is 0 Å². The molecule has 0 aliphatic carbocycles. The van der Waals surface area contributed by atoms with Crippen LogP contribution in [0.25, 0.3) is 11.4 Å². The van der Waals surface area contributed by atoms with Crippen molar-refractivity contribution in [2.24, 2.45) is 5.73 Å². The number of carbonyl (C=O) groups excluding carboxylic acids is 3. The molecule has 2 aliphatic rings. The molecule has 2 aromatic rings. The number of nitrogens with zero attached hydrogens (tertiary/aromatic N) is 1. The second kappa shape index (κ2) is 7.55. The topological polar surface area (TPSA) is 125 Å². The van der Waals surface area contributed by atoms with Crippen molar-refractivity contribution in [3.63, 3.8) is 0 Å². The van der Waals surface area contributed by atoms with Crippen molar-refractivity contribution in [2.45, 2.75) is 25.4 Å². The molecule has 8 heteroatoms. The van der Waals surface area contributed by atoms with Gasteiger partial charge in [0, 0.05) is 25.6 Å². The maximum Gasteiger partial charge on any atom is 0.255 e. The normalized spacial score (nSPS) is 19.3. The average Bonchev–Trinajstić information content (AvgIpc) is 3.05. The van der Waals surface area contributed by atoms with E-state index in [-0.39, 0.29) is 30.5 Å². The van der Waals surface area contributed by atoms with Crippen LogP contribution in [0.3, 0.4) is 0 Å². The highest BCUT2D eigenvalue weighted by atomic mass is 16.3. The number of nitrogens with two attached hydrogens (primary N) is 1. The maximum atomic E-state index is 12.8. The Kier molecular flexibility index (Phi) is 4.91. The number of phenolic OH excluding ortho intramolecular Hbond substituents is 1. The third-order valence-electron chi connectivity index (χ3n) is 5.51. The van der Waals surface area contributed by atoms with E-state index in [0.717, 1.165) is 16.7 Å². The molecule has 154 valence electrons. The molecule has 8 nitrogen and oxygen atoms in total. The summed E-state index contributed by atoms with van der Waals surface area (Å²) in [6.07, 6.45) is 0.541. The van der Waals surface area contributed by atoms with Crippen LogP contribution in [0.4, 0.5) is 0 Å². The van der Waals surface area contributed by atoms with Crippen molar-refractivity contribution in [2.75, 3.05) is 7.05 Å². The Morgan fingerprint density at radius 1 is 1.13 bits per heavy atom. The van der Waals surface area contributed by atoms with E-state index in [9.17, 15) is 19.5 Å². The molecule has 2 aliphatic heterocycles. The lowest BCUT2D eigenvalue weighted by atomic mass is 10.0. The highest BCUT2D eigenvalue weighted by Crippen LogP contribution is 2.30. The average molecular weight is 406 g/mol. The third kappa shape index (κ3) is 3.36. The summed E-state index contributed by atoms with van der Waals surface area (Å²) in [6, 6.07) is 11.4. The number of piperidine rings is 1. The van der Waals surface area contributed by atoms with Gasteiger partial charge in [0.15, 0.2) is 0 Å². The number of hydrogen-bond donors (Lipinski definition) is 4. The zero-order chi connectivity index (χ0) is 21.4. The second-order valence-corrected chi connectivity index (χ2v) is 7.36. The summed E-state index contributed by atoms with van der Waals surface area (Å²) in [5.41, 5.74) is 10.5. The van der Waals surface area contributed by atoms with E-state index in [1.54, 1.807) is 43.4 Å². The van der Waals surface area contributed by atoms with Crippen LogP contribution in [0.5, 0.6) is 5.75 Å². The van der Waals surface area contributed by atoms with Crippen LogP contribution < -0.4 is 16.4 Å². The summed E-state index contributed by atoms with van der Waals surface area (Å²) < 4.78 is 0. The summed E-state index contributed by atoms with van der Waals surface area (Å²) in [7, 11) is 1.76. The number of imide groups is 1. The first-order valence-electron chi connectivity index (χ1n) is 9.64. The van der Waals surface area contributed by atoms with Gasteiger partial charge >= 0.3 is 0 Å². The summed E-state index contributed by atoms with van der Waals surface area (Å²) in [4.78, 5) is 37.9. The number of phenols is 1. The molecular formula is C22H22N4O4. The molecule has 2 aromatic carbocycles. The van der Waals surface area contributed by atoms with Crippen molar-refractivity contribution < 1.29 is 19.5 Å². The summed E-state index contributed by atoms with van der Waals surface area (Å²) in [6.45, 7) is 0.287. The standard InChI is InChI=1S/C22H22N4O4/c1-24-20(12-2-5-15(27)6-3-12)19(23)13-4-7-16-14(10-13)11-26(22(16)30)17-8-9-18(28)25-21(17)29/h2-7,10,17,24,27H,8-9,11,23H2,1H3,(H,25,28,29)/b20-19-. The Bertz CT molecular complexity index is 1080. The number of hydrogen-bond acceptors (Lipinski definition) is 6. The SMILES string of the molecule is CN/C(=C(\N)c1ccc2c(c1)CN(C1CCC(=O)NC1=O)C2=O)c1ccc(O)cc1. The highest BCUT2D eigenvalue weighted by molar-refractivity contribution is 6.05. The van der Waals surface area contributed by atoms with E-state index in [2.05, 4.69) is 10.6 Å². The van der Waals surface area contributed by atoms with Crippen molar-refractivity contribution in [3.8, 4) is 5.75 Å². The first kappa shape index (κ1) is 19.5. The van der Waals surface area contributed by atoms with Gasteiger partial charge in [0.05, 0.1) is 11.4 Å². The first-order chi connectivity index (χ1) is 14.4. The van der Waals surface area contributed by atoms with Crippen LogP contribution in [-0.2, 0) is 16.1 Å². The maximum absolute atomic E-state index is 12.8. The third-order valence-corrected chi connectivity index (χ3v) is 5.51. The minimum atomic E-state index is -0.649. The van der Waals surface area contributed by atoms with Gasteiger partial charge in [-0.05, 0) is 59.5 Å². The number of aromatic hydroxyl groups is 1. The van der Waals surface area contributed by atoms with Crippen LogP contribution in [-0.4, -0.2) is 40.8 Å². The number of fused-ring (bicyclic) bond motifs is 1. The van der Waals surface area contributed by atoms with Crippen LogP contribution in [0.15, 0.2) is 42.5 Å².